The summed E-state index contributed by atoms with van der Waals surface area (Å²) in [5, 5.41) is 8.53. The van der Waals surface area contributed by atoms with Gasteiger partial charge in [0, 0.05) is 24.3 Å². The highest BCUT2D eigenvalue weighted by Gasteiger charge is 2.10. The van der Waals surface area contributed by atoms with Gasteiger partial charge < -0.3 is 15.2 Å². The van der Waals surface area contributed by atoms with E-state index in [1.807, 2.05) is 0 Å². The van der Waals surface area contributed by atoms with E-state index in [0.717, 1.165) is 13.1 Å². The van der Waals surface area contributed by atoms with E-state index in [0.29, 0.717) is 6.04 Å². The number of nitrogens with zero attached hydrogens (tertiary/aromatic N) is 1. The lowest BCUT2D eigenvalue weighted by Crippen LogP contribution is -2.31. The van der Waals surface area contributed by atoms with Gasteiger partial charge in [-0.2, -0.15) is 0 Å². The first-order valence-electron chi connectivity index (χ1n) is 7.91. The molecule has 1 aromatic carbocycles. The molecule has 1 aliphatic rings. The largest absolute Gasteiger partial charge is 0.347 e. The quantitative estimate of drug-likeness (QED) is 0.819. The molecule has 1 aromatic heterocycles. The van der Waals surface area contributed by atoms with Crippen molar-refractivity contribution in [3.05, 3.63) is 36.5 Å². The first kappa shape index (κ1) is 13.7. The highest BCUT2D eigenvalue weighted by atomic mass is 15.0. The molecule has 2 aromatic rings. The minimum atomic E-state index is 0.714. The summed E-state index contributed by atoms with van der Waals surface area (Å²) >= 11 is 0. The molecular formula is C17H25N3. The summed E-state index contributed by atoms with van der Waals surface area (Å²) in [7, 11) is 0. The minimum Gasteiger partial charge on any atom is -0.347 e. The molecule has 0 bridgehead atoms. The predicted molar refractivity (Wildman–Crippen MR) is 85.1 cm³/mol. The third kappa shape index (κ3) is 3.41. The summed E-state index contributed by atoms with van der Waals surface area (Å²) in [6.45, 7) is 4.58. The molecule has 2 heterocycles. The Labute approximate surface area is 121 Å². The van der Waals surface area contributed by atoms with Crippen molar-refractivity contribution in [1.82, 2.24) is 15.2 Å². The fraction of sp³-hybridized carbons (Fsp3) is 0.529. The van der Waals surface area contributed by atoms with Crippen LogP contribution in [0.2, 0.25) is 0 Å². The maximum absolute atomic E-state index is 3.72. The SMILES string of the molecule is c1ccc2c(c1)ccn2CCCNC1CCCNCC1. The van der Waals surface area contributed by atoms with Gasteiger partial charge in [-0.05, 0) is 62.8 Å². The summed E-state index contributed by atoms with van der Waals surface area (Å²) in [5.74, 6) is 0. The zero-order chi connectivity index (χ0) is 13.6. The molecule has 3 rings (SSSR count). The van der Waals surface area contributed by atoms with Crippen LogP contribution < -0.4 is 10.6 Å². The van der Waals surface area contributed by atoms with Crippen LogP contribution in [0.1, 0.15) is 25.7 Å². The lowest BCUT2D eigenvalue weighted by molar-refractivity contribution is 0.455. The molecule has 0 radical (unpaired) electrons. The molecule has 1 saturated heterocycles. The predicted octanol–water partition coefficient (Wildman–Crippen LogP) is 2.76. The Bertz CT molecular complexity index is 524. The van der Waals surface area contributed by atoms with Gasteiger partial charge in [0.25, 0.3) is 0 Å². The van der Waals surface area contributed by atoms with E-state index < -0.39 is 0 Å². The van der Waals surface area contributed by atoms with Crippen molar-refractivity contribution in [2.75, 3.05) is 19.6 Å². The van der Waals surface area contributed by atoms with E-state index in [2.05, 4.69) is 51.7 Å². The van der Waals surface area contributed by atoms with Gasteiger partial charge >= 0.3 is 0 Å². The summed E-state index contributed by atoms with van der Waals surface area (Å²) in [6.07, 6.45) is 7.30. The molecule has 0 saturated carbocycles. The maximum atomic E-state index is 3.72. The number of benzene rings is 1. The molecule has 2 N–H and O–H groups in total. The zero-order valence-electron chi connectivity index (χ0n) is 12.1. The van der Waals surface area contributed by atoms with Gasteiger partial charge in [-0.1, -0.05) is 18.2 Å². The Morgan fingerprint density at radius 1 is 1.15 bits per heavy atom. The highest BCUT2D eigenvalue weighted by Crippen LogP contribution is 2.15. The molecule has 3 nitrogen and oxygen atoms in total. The molecule has 0 amide bonds. The van der Waals surface area contributed by atoms with Crippen molar-refractivity contribution in [1.29, 1.82) is 0 Å². The summed E-state index contributed by atoms with van der Waals surface area (Å²) in [4.78, 5) is 0. The molecule has 1 atom stereocenters. The number of aromatic nitrogens is 1. The van der Waals surface area contributed by atoms with E-state index in [9.17, 15) is 0 Å². The van der Waals surface area contributed by atoms with E-state index in [1.165, 1.54) is 49.7 Å². The monoisotopic (exact) mass is 271 g/mol. The van der Waals surface area contributed by atoms with Crippen molar-refractivity contribution < 1.29 is 0 Å². The molecule has 1 aliphatic heterocycles. The van der Waals surface area contributed by atoms with Crippen LogP contribution >= 0.6 is 0 Å². The number of rotatable bonds is 5. The van der Waals surface area contributed by atoms with Gasteiger partial charge in [0.15, 0.2) is 0 Å². The van der Waals surface area contributed by atoms with E-state index in [-0.39, 0.29) is 0 Å². The van der Waals surface area contributed by atoms with E-state index >= 15 is 0 Å². The van der Waals surface area contributed by atoms with Gasteiger partial charge in [0.1, 0.15) is 0 Å². The number of para-hydroxylation sites is 1. The number of hydrogen-bond donors (Lipinski definition) is 2. The van der Waals surface area contributed by atoms with Crippen LogP contribution in [-0.2, 0) is 6.54 Å². The van der Waals surface area contributed by atoms with Gasteiger partial charge in [0.05, 0.1) is 0 Å². The lowest BCUT2D eigenvalue weighted by atomic mass is 10.1. The Morgan fingerprint density at radius 2 is 2.10 bits per heavy atom. The first-order valence-corrected chi connectivity index (χ1v) is 7.91. The van der Waals surface area contributed by atoms with Gasteiger partial charge in [-0.3, -0.25) is 0 Å². The third-order valence-corrected chi connectivity index (χ3v) is 4.26. The smallest absolute Gasteiger partial charge is 0.0480 e. The molecule has 1 fully saturated rings. The van der Waals surface area contributed by atoms with Crippen molar-refractivity contribution >= 4 is 10.9 Å². The van der Waals surface area contributed by atoms with Crippen molar-refractivity contribution in [2.24, 2.45) is 0 Å². The Balaban J connectivity index is 1.45. The zero-order valence-corrected chi connectivity index (χ0v) is 12.1. The summed E-state index contributed by atoms with van der Waals surface area (Å²) < 4.78 is 2.37. The number of fused-ring (bicyclic) bond motifs is 1. The molecule has 1 unspecified atom stereocenters. The fourth-order valence-electron chi connectivity index (χ4n) is 3.11. The standard InChI is InChI=1S/C17H25N3/c1-2-7-17-15(5-1)9-14-20(17)13-4-11-19-16-6-3-10-18-12-8-16/h1-2,5,7,9,14,16,18-19H,3-4,6,8,10-13H2. The first-order chi connectivity index (χ1) is 9.93. The molecule has 108 valence electrons. The second-order valence-corrected chi connectivity index (χ2v) is 5.75. The third-order valence-electron chi connectivity index (χ3n) is 4.26. The van der Waals surface area contributed by atoms with Crippen LogP contribution in [0.3, 0.4) is 0 Å². The van der Waals surface area contributed by atoms with Crippen molar-refractivity contribution in [3.8, 4) is 0 Å². The summed E-state index contributed by atoms with van der Waals surface area (Å²) in [5.41, 5.74) is 1.35. The Morgan fingerprint density at radius 3 is 3.10 bits per heavy atom. The van der Waals surface area contributed by atoms with Crippen LogP contribution in [0.5, 0.6) is 0 Å². The number of hydrogen-bond acceptors (Lipinski definition) is 2. The fourth-order valence-corrected chi connectivity index (χ4v) is 3.11. The average Bonchev–Trinajstić information content (AvgIpc) is 2.71. The van der Waals surface area contributed by atoms with Crippen LogP contribution in [0.15, 0.2) is 36.5 Å². The van der Waals surface area contributed by atoms with Crippen molar-refractivity contribution in [3.63, 3.8) is 0 Å². The number of nitrogens with one attached hydrogen (secondary N) is 2. The molecular weight excluding hydrogens is 246 g/mol. The van der Waals surface area contributed by atoms with Gasteiger partial charge in [0.2, 0.25) is 0 Å². The lowest BCUT2D eigenvalue weighted by Gasteiger charge is -2.16. The Hall–Kier alpha value is -1.32. The Kier molecular flexibility index (Phi) is 4.72. The van der Waals surface area contributed by atoms with Crippen LogP contribution in [-0.4, -0.2) is 30.2 Å². The second-order valence-electron chi connectivity index (χ2n) is 5.75. The summed E-state index contributed by atoms with van der Waals surface area (Å²) in [6, 6.07) is 11.5. The van der Waals surface area contributed by atoms with Crippen LogP contribution in [0.4, 0.5) is 0 Å². The van der Waals surface area contributed by atoms with Gasteiger partial charge in [-0.25, -0.2) is 0 Å². The topological polar surface area (TPSA) is 29.0 Å². The van der Waals surface area contributed by atoms with E-state index in [4.69, 9.17) is 0 Å². The molecule has 3 heteroatoms. The van der Waals surface area contributed by atoms with Crippen LogP contribution in [0, 0.1) is 0 Å². The highest BCUT2D eigenvalue weighted by molar-refractivity contribution is 5.79. The minimum absolute atomic E-state index is 0.714. The average molecular weight is 271 g/mol. The van der Waals surface area contributed by atoms with Crippen LogP contribution in [0.25, 0.3) is 10.9 Å². The maximum Gasteiger partial charge on any atom is 0.0480 e. The number of aryl methyl sites for hydroxylation is 1. The van der Waals surface area contributed by atoms with E-state index in [1.54, 1.807) is 0 Å². The van der Waals surface area contributed by atoms with Gasteiger partial charge in [-0.15, -0.1) is 0 Å². The second kappa shape index (κ2) is 6.91. The molecule has 0 aliphatic carbocycles. The molecule has 20 heavy (non-hydrogen) atoms. The molecule has 0 spiro atoms. The van der Waals surface area contributed by atoms with Crippen molar-refractivity contribution in [2.45, 2.75) is 38.3 Å². The normalized spacial score (nSPS) is 20.1.